The van der Waals surface area contributed by atoms with Gasteiger partial charge in [-0.25, -0.2) is 0 Å². The van der Waals surface area contributed by atoms with Gasteiger partial charge in [-0.05, 0) is 41.6 Å². The van der Waals surface area contributed by atoms with E-state index in [2.05, 4.69) is 0 Å². The first-order valence-corrected chi connectivity index (χ1v) is 8.04. The summed E-state index contributed by atoms with van der Waals surface area (Å²) in [5, 5.41) is 11.1. The van der Waals surface area contributed by atoms with E-state index in [1.165, 1.54) is 7.11 Å². The van der Waals surface area contributed by atoms with E-state index >= 15 is 0 Å². The second-order valence-electron chi connectivity index (χ2n) is 6.18. The topological polar surface area (TPSA) is 69.9 Å². The first-order valence-electron chi connectivity index (χ1n) is 8.04. The fourth-order valence-electron chi connectivity index (χ4n) is 3.71. The molecule has 1 N–H and O–H groups in total. The van der Waals surface area contributed by atoms with Crippen molar-refractivity contribution in [3.8, 4) is 34.3 Å². The molecule has 6 heteroatoms. The number of ether oxygens (including phenoxy) is 3. The lowest BCUT2D eigenvalue weighted by Crippen LogP contribution is -2.26. The van der Waals surface area contributed by atoms with E-state index in [0.29, 0.717) is 17.7 Å². The van der Waals surface area contributed by atoms with Crippen LogP contribution < -0.4 is 19.8 Å². The molecule has 2 aliphatic rings. The van der Waals surface area contributed by atoms with Crippen molar-refractivity contribution in [1.29, 1.82) is 0 Å². The fraction of sp³-hybridized carbons (Fsp3) is 0.211. The lowest BCUT2D eigenvalue weighted by molar-refractivity contribution is 0.174. The number of rotatable bonds is 1. The number of hydrogen-bond acceptors (Lipinski definition) is 5. The van der Waals surface area contributed by atoms with Gasteiger partial charge in [0.15, 0.2) is 23.0 Å². The Balaban J connectivity index is 1.84. The SMILES string of the molecule is COc1c(O)ccc2cc3n(c(=O)c12)CCc1cc2c(cc1-3)OCO2. The van der Waals surface area contributed by atoms with Crippen LogP contribution >= 0.6 is 0 Å². The molecule has 2 aliphatic heterocycles. The number of fused-ring (bicyclic) bond motifs is 5. The molecule has 0 saturated heterocycles. The minimum absolute atomic E-state index is 0.0350. The Hall–Kier alpha value is -3.15. The minimum atomic E-state index is -0.163. The molecule has 3 aromatic rings. The van der Waals surface area contributed by atoms with Crippen LogP contribution in [0.1, 0.15) is 5.56 Å². The first kappa shape index (κ1) is 14.2. The number of aryl methyl sites for hydroxylation is 1. The summed E-state index contributed by atoms with van der Waals surface area (Å²) in [6.45, 7) is 0.786. The van der Waals surface area contributed by atoms with Crippen LogP contribution in [0.4, 0.5) is 0 Å². The number of nitrogens with zero attached hydrogens (tertiary/aromatic N) is 1. The van der Waals surface area contributed by atoms with E-state index < -0.39 is 0 Å². The maximum absolute atomic E-state index is 13.1. The summed E-state index contributed by atoms with van der Waals surface area (Å²) in [4.78, 5) is 13.1. The van der Waals surface area contributed by atoms with Crippen LogP contribution in [0.15, 0.2) is 35.1 Å². The summed E-state index contributed by atoms with van der Waals surface area (Å²) in [5.41, 5.74) is 2.78. The van der Waals surface area contributed by atoms with E-state index in [4.69, 9.17) is 14.2 Å². The third kappa shape index (κ3) is 1.88. The van der Waals surface area contributed by atoms with Gasteiger partial charge in [0, 0.05) is 12.1 Å². The maximum atomic E-state index is 13.1. The summed E-state index contributed by atoms with van der Waals surface area (Å²) in [7, 11) is 1.45. The van der Waals surface area contributed by atoms with Crippen molar-refractivity contribution in [2.24, 2.45) is 0 Å². The van der Waals surface area contributed by atoms with Crippen LogP contribution in [-0.4, -0.2) is 23.6 Å². The number of aromatic nitrogens is 1. The van der Waals surface area contributed by atoms with Crippen LogP contribution in [0.3, 0.4) is 0 Å². The Kier molecular flexibility index (Phi) is 2.80. The van der Waals surface area contributed by atoms with Crippen molar-refractivity contribution in [2.75, 3.05) is 13.9 Å². The predicted octanol–water partition coefficient (Wildman–Crippen LogP) is 2.67. The van der Waals surface area contributed by atoms with Crippen LogP contribution in [0.2, 0.25) is 0 Å². The highest BCUT2D eigenvalue weighted by Gasteiger charge is 2.25. The molecule has 0 unspecified atom stereocenters. The highest BCUT2D eigenvalue weighted by Crippen LogP contribution is 2.42. The monoisotopic (exact) mass is 337 g/mol. The summed E-state index contributed by atoms with van der Waals surface area (Å²) in [5.74, 6) is 1.63. The third-order valence-electron chi connectivity index (χ3n) is 4.89. The molecule has 25 heavy (non-hydrogen) atoms. The van der Waals surface area contributed by atoms with Crippen molar-refractivity contribution >= 4 is 10.8 Å². The van der Waals surface area contributed by atoms with Gasteiger partial charge in [-0.3, -0.25) is 4.79 Å². The average Bonchev–Trinajstić information content (AvgIpc) is 3.07. The molecule has 0 saturated carbocycles. The zero-order chi connectivity index (χ0) is 17.1. The highest BCUT2D eigenvalue weighted by atomic mass is 16.7. The van der Waals surface area contributed by atoms with Crippen LogP contribution in [-0.2, 0) is 13.0 Å². The van der Waals surface area contributed by atoms with E-state index in [1.54, 1.807) is 16.7 Å². The summed E-state index contributed by atoms with van der Waals surface area (Å²) >= 11 is 0. The van der Waals surface area contributed by atoms with Gasteiger partial charge in [0.1, 0.15) is 0 Å². The fourth-order valence-corrected chi connectivity index (χ4v) is 3.71. The quantitative estimate of drug-likeness (QED) is 0.739. The Labute approximate surface area is 142 Å². The van der Waals surface area contributed by atoms with E-state index in [0.717, 1.165) is 34.4 Å². The van der Waals surface area contributed by atoms with Crippen molar-refractivity contribution in [2.45, 2.75) is 13.0 Å². The van der Waals surface area contributed by atoms with Crippen molar-refractivity contribution in [3.05, 3.63) is 46.2 Å². The van der Waals surface area contributed by atoms with Crippen LogP contribution in [0.25, 0.3) is 22.0 Å². The van der Waals surface area contributed by atoms with E-state index in [-0.39, 0.29) is 23.9 Å². The minimum Gasteiger partial charge on any atom is -0.504 e. The van der Waals surface area contributed by atoms with Crippen molar-refractivity contribution < 1.29 is 19.3 Å². The molecule has 0 atom stereocenters. The molecule has 1 aromatic heterocycles. The number of phenolic OH excluding ortho intramolecular Hbond substituents is 1. The van der Waals surface area contributed by atoms with E-state index in [1.807, 2.05) is 18.2 Å². The zero-order valence-electron chi connectivity index (χ0n) is 13.5. The molecule has 0 fully saturated rings. The number of phenols is 1. The third-order valence-corrected chi connectivity index (χ3v) is 4.89. The smallest absolute Gasteiger partial charge is 0.262 e. The summed E-state index contributed by atoms with van der Waals surface area (Å²) in [6, 6.07) is 9.16. The molecule has 0 amide bonds. The standard InChI is InChI=1S/C19H15NO5/c1-23-18-14(21)3-2-11-6-13-12-8-16-15(24-9-25-16)7-10(12)4-5-20(13)19(22)17(11)18/h2-3,6-8,21H,4-5,9H2,1H3. The van der Waals surface area contributed by atoms with Crippen LogP contribution in [0.5, 0.6) is 23.0 Å². The number of benzene rings is 2. The summed E-state index contributed by atoms with van der Waals surface area (Å²) in [6.07, 6.45) is 0.728. The van der Waals surface area contributed by atoms with E-state index in [9.17, 15) is 9.90 Å². The Bertz CT molecular complexity index is 1100. The van der Waals surface area contributed by atoms with Gasteiger partial charge >= 0.3 is 0 Å². The molecule has 6 nitrogen and oxygen atoms in total. The van der Waals surface area contributed by atoms with Gasteiger partial charge in [0.25, 0.3) is 5.56 Å². The zero-order valence-corrected chi connectivity index (χ0v) is 13.5. The molecule has 2 aromatic carbocycles. The second kappa shape index (κ2) is 4.92. The first-order chi connectivity index (χ1) is 12.2. The van der Waals surface area contributed by atoms with Gasteiger partial charge in [-0.1, -0.05) is 6.07 Å². The Morgan fingerprint density at radius 2 is 1.96 bits per heavy atom. The molecule has 0 bridgehead atoms. The normalized spacial score (nSPS) is 14.3. The maximum Gasteiger partial charge on any atom is 0.262 e. The highest BCUT2D eigenvalue weighted by molar-refractivity contribution is 5.93. The molecule has 0 spiro atoms. The second-order valence-corrected chi connectivity index (χ2v) is 6.18. The molecule has 0 aliphatic carbocycles. The number of aromatic hydroxyl groups is 1. The van der Waals surface area contributed by atoms with Gasteiger partial charge in [0.2, 0.25) is 6.79 Å². The molecule has 126 valence electrons. The number of hydrogen-bond donors (Lipinski definition) is 1. The molecular weight excluding hydrogens is 322 g/mol. The molecular formula is C19H15NO5. The van der Waals surface area contributed by atoms with Crippen molar-refractivity contribution in [1.82, 2.24) is 4.57 Å². The average molecular weight is 337 g/mol. The number of pyridine rings is 1. The Morgan fingerprint density at radius 1 is 1.16 bits per heavy atom. The van der Waals surface area contributed by atoms with Crippen LogP contribution in [0, 0.1) is 0 Å². The molecule has 0 radical (unpaired) electrons. The van der Waals surface area contributed by atoms with Crippen molar-refractivity contribution in [3.63, 3.8) is 0 Å². The van der Waals surface area contributed by atoms with Gasteiger partial charge < -0.3 is 23.9 Å². The van der Waals surface area contributed by atoms with Gasteiger partial charge in [0.05, 0.1) is 18.2 Å². The number of methoxy groups -OCH3 is 1. The lowest BCUT2D eigenvalue weighted by atomic mass is 9.95. The lowest BCUT2D eigenvalue weighted by Gasteiger charge is -2.23. The van der Waals surface area contributed by atoms with Gasteiger partial charge in [-0.15, -0.1) is 0 Å². The largest absolute Gasteiger partial charge is 0.504 e. The van der Waals surface area contributed by atoms with Gasteiger partial charge in [-0.2, -0.15) is 0 Å². The summed E-state index contributed by atoms with van der Waals surface area (Å²) < 4.78 is 17.9. The molecule has 5 rings (SSSR count). The molecule has 3 heterocycles. The Morgan fingerprint density at radius 3 is 2.76 bits per heavy atom. The predicted molar refractivity (Wildman–Crippen MR) is 91.7 cm³/mol.